The summed E-state index contributed by atoms with van der Waals surface area (Å²) in [5.74, 6) is 0.518. The number of benzene rings is 1. The predicted octanol–water partition coefficient (Wildman–Crippen LogP) is 2.82. The maximum atomic E-state index is 12.5. The molecular formula is C18H27NO4. The standard InChI is InChI=1S/C18H27NO4/c1-4-5-6-12-19(13-11-18(21)23-3)17(20)14-15-7-9-16(22-2)10-8-15/h7-10H,4-6,11-14H2,1-3H3. The summed E-state index contributed by atoms with van der Waals surface area (Å²) >= 11 is 0. The van der Waals surface area contributed by atoms with Crippen molar-refractivity contribution in [3.63, 3.8) is 0 Å². The Hall–Kier alpha value is -2.04. The second-order valence-electron chi connectivity index (χ2n) is 5.44. The van der Waals surface area contributed by atoms with E-state index in [4.69, 9.17) is 4.74 Å². The number of hydrogen-bond acceptors (Lipinski definition) is 4. The summed E-state index contributed by atoms with van der Waals surface area (Å²) in [5.41, 5.74) is 0.939. The van der Waals surface area contributed by atoms with Gasteiger partial charge >= 0.3 is 5.97 Å². The molecule has 0 N–H and O–H groups in total. The van der Waals surface area contributed by atoms with E-state index in [0.29, 0.717) is 19.5 Å². The molecule has 0 aromatic heterocycles. The number of ether oxygens (including phenoxy) is 2. The molecule has 128 valence electrons. The van der Waals surface area contributed by atoms with E-state index in [2.05, 4.69) is 11.7 Å². The highest BCUT2D eigenvalue weighted by molar-refractivity contribution is 5.79. The summed E-state index contributed by atoms with van der Waals surface area (Å²) in [5, 5.41) is 0. The molecule has 0 atom stereocenters. The van der Waals surface area contributed by atoms with Crippen LogP contribution in [0.25, 0.3) is 0 Å². The van der Waals surface area contributed by atoms with Crippen LogP contribution in [0.3, 0.4) is 0 Å². The van der Waals surface area contributed by atoms with Crippen molar-refractivity contribution in [1.29, 1.82) is 0 Å². The van der Waals surface area contributed by atoms with Crippen molar-refractivity contribution in [2.24, 2.45) is 0 Å². The zero-order chi connectivity index (χ0) is 17.1. The normalized spacial score (nSPS) is 10.2. The number of carbonyl (C=O) groups excluding carboxylic acids is 2. The van der Waals surface area contributed by atoms with Crippen molar-refractivity contribution in [1.82, 2.24) is 4.90 Å². The maximum absolute atomic E-state index is 12.5. The summed E-state index contributed by atoms with van der Waals surface area (Å²) in [6, 6.07) is 7.47. The molecular weight excluding hydrogens is 294 g/mol. The topological polar surface area (TPSA) is 55.8 Å². The van der Waals surface area contributed by atoms with E-state index < -0.39 is 0 Å². The molecule has 0 fully saturated rings. The molecule has 1 aromatic carbocycles. The van der Waals surface area contributed by atoms with Gasteiger partial charge in [-0.25, -0.2) is 0 Å². The number of hydrogen-bond donors (Lipinski definition) is 0. The Morgan fingerprint density at radius 2 is 1.74 bits per heavy atom. The Morgan fingerprint density at radius 1 is 1.04 bits per heavy atom. The van der Waals surface area contributed by atoms with Crippen LogP contribution in [-0.2, 0) is 20.7 Å². The van der Waals surface area contributed by atoms with E-state index in [1.54, 1.807) is 12.0 Å². The lowest BCUT2D eigenvalue weighted by molar-refractivity contribution is -0.141. The molecule has 0 saturated carbocycles. The lowest BCUT2D eigenvalue weighted by Crippen LogP contribution is -2.35. The molecule has 0 saturated heterocycles. The van der Waals surface area contributed by atoms with Gasteiger partial charge < -0.3 is 14.4 Å². The van der Waals surface area contributed by atoms with Crippen molar-refractivity contribution in [2.45, 2.75) is 39.0 Å². The minimum Gasteiger partial charge on any atom is -0.497 e. The van der Waals surface area contributed by atoms with Crippen molar-refractivity contribution in [2.75, 3.05) is 27.3 Å². The third kappa shape index (κ3) is 7.17. The van der Waals surface area contributed by atoms with Crippen LogP contribution in [0.5, 0.6) is 5.75 Å². The molecule has 0 aliphatic heterocycles. The Labute approximate surface area is 138 Å². The van der Waals surface area contributed by atoms with E-state index in [0.717, 1.165) is 30.6 Å². The number of methoxy groups -OCH3 is 2. The summed E-state index contributed by atoms with van der Waals surface area (Å²) < 4.78 is 9.78. The van der Waals surface area contributed by atoms with Gasteiger partial charge in [-0.3, -0.25) is 9.59 Å². The molecule has 5 nitrogen and oxygen atoms in total. The number of esters is 1. The van der Waals surface area contributed by atoms with Gasteiger partial charge in [0.05, 0.1) is 27.1 Å². The predicted molar refractivity (Wildman–Crippen MR) is 89.4 cm³/mol. The van der Waals surface area contributed by atoms with E-state index in [9.17, 15) is 9.59 Å². The first-order valence-electron chi connectivity index (χ1n) is 8.08. The number of carbonyl (C=O) groups is 2. The Morgan fingerprint density at radius 3 is 2.30 bits per heavy atom. The summed E-state index contributed by atoms with van der Waals surface area (Å²) in [6.45, 7) is 3.21. The SMILES string of the molecule is CCCCCN(CCC(=O)OC)C(=O)Cc1ccc(OC)cc1. The smallest absolute Gasteiger partial charge is 0.307 e. The van der Waals surface area contributed by atoms with E-state index >= 15 is 0 Å². The second kappa shape index (κ2) is 10.6. The Bertz CT molecular complexity index is 484. The average molecular weight is 321 g/mol. The first-order chi connectivity index (χ1) is 11.1. The van der Waals surface area contributed by atoms with Gasteiger partial charge in [0.2, 0.25) is 5.91 Å². The molecule has 1 rings (SSSR count). The first kappa shape index (κ1) is 19.0. The summed E-state index contributed by atoms with van der Waals surface area (Å²) in [4.78, 5) is 25.6. The molecule has 0 aliphatic carbocycles. The molecule has 23 heavy (non-hydrogen) atoms. The Kier molecular flexibility index (Phi) is 8.80. The van der Waals surface area contributed by atoms with Gasteiger partial charge in [-0.2, -0.15) is 0 Å². The molecule has 0 radical (unpaired) electrons. The van der Waals surface area contributed by atoms with Gasteiger partial charge in [0.1, 0.15) is 5.75 Å². The third-order valence-electron chi connectivity index (χ3n) is 3.71. The number of amides is 1. The van der Waals surface area contributed by atoms with E-state index in [1.165, 1.54) is 7.11 Å². The molecule has 0 heterocycles. The fourth-order valence-corrected chi connectivity index (χ4v) is 2.27. The Balaban J connectivity index is 2.62. The second-order valence-corrected chi connectivity index (χ2v) is 5.44. The lowest BCUT2D eigenvalue weighted by atomic mass is 10.1. The largest absolute Gasteiger partial charge is 0.497 e. The number of unbranched alkanes of at least 4 members (excludes halogenated alkanes) is 2. The fraction of sp³-hybridized carbons (Fsp3) is 0.556. The average Bonchev–Trinajstić information content (AvgIpc) is 2.58. The van der Waals surface area contributed by atoms with Gasteiger partial charge in [0.25, 0.3) is 0 Å². The van der Waals surface area contributed by atoms with Crippen molar-refractivity contribution >= 4 is 11.9 Å². The highest BCUT2D eigenvalue weighted by Crippen LogP contribution is 2.13. The van der Waals surface area contributed by atoms with Crippen LogP contribution in [0.2, 0.25) is 0 Å². The number of rotatable bonds is 10. The van der Waals surface area contributed by atoms with Gasteiger partial charge in [0, 0.05) is 13.1 Å². The van der Waals surface area contributed by atoms with Gasteiger partial charge in [-0.1, -0.05) is 31.9 Å². The highest BCUT2D eigenvalue weighted by atomic mass is 16.5. The minimum atomic E-state index is -0.289. The third-order valence-corrected chi connectivity index (χ3v) is 3.71. The zero-order valence-corrected chi connectivity index (χ0v) is 14.3. The van der Waals surface area contributed by atoms with Gasteiger partial charge in [-0.05, 0) is 24.1 Å². The molecule has 1 aromatic rings. The highest BCUT2D eigenvalue weighted by Gasteiger charge is 2.15. The van der Waals surface area contributed by atoms with Crippen LogP contribution in [0, 0.1) is 0 Å². The summed E-state index contributed by atoms with van der Waals surface area (Å²) in [6.07, 6.45) is 3.68. The molecule has 0 unspecified atom stereocenters. The zero-order valence-electron chi connectivity index (χ0n) is 14.3. The van der Waals surface area contributed by atoms with Crippen LogP contribution in [0.1, 0.15) is 38.2 Å². The molecule has 0 bridgehead atoms. The van der Waals surface area contributed by atoms with Crippen LogP contribution in [0.4, 0.5) is 0 Å². The molecule has 0 aliphatic rings. The number of nitrogens with zero attached hydrogens (tertiary/aromatic N) is 1. The monoisotopic (exact) mass is 321 g/mol. The maximum Gasteiger partial charge on any atom is 0.307 e. The van der Waals surface area contributed by atoms with Gasteiger partial charge in [-0.15, -0.1) is 0 Å². The van der Waals surface area contributed by atoms with E-state index in [1.807, 2.05) is 24.3 Å². The van der Waals surface area contributed by atoms with Gasteiger partial charge in [0.15, 0.2) is 0 Å². The first-order valence-corrected chi connectivity index (χ1v) is 8.08. The van der Waals surface area contributed by atoms with Crippen LogP contribution in [0.15, 0.2) is 24.3 Å². The van der Waals surface area contributed by atoms with Crippen LogP contribution < -0.4 is 4.74 Å². The molecule has 1 amide bonds. The van der Waals surface area contributed by atoms with Crippen molar-refractivity contribution < 1.29 is 19.1 Å². The van der Waals surface area contributed by atoms with E-state index in [-0.39, 0.29) is 18.3 Å². The lowest BCUT2D eigenvalue weighted by Gasteiger charge is -2.22. The molecule has 5 heteroatoms. The summed E-state index contributed by atoms with van der Waals surface area (Å²) in [7, 11) is 2.98. The molecule has 0 spiro atoms. The minimum absolute atomic E-state index is 0.0372. The quantitative estimate of drug-likeness (QED) is 0.491. The van der Waals surface area contributed by atoms with Crippen LogP contribution in [-0.4, -0.2) is 44.1 Å². The van der Waals surface area contributed by atoms with Crippen molar-refractivity contribution in [3.8, 4) is 5.75 Å². The van der Waals surface area contributed by atoms with Crippen LogP contribution >= 0.6 is 0 Å². The fourth-order valence-electron chi connectivity index (χ4n) is 2.27. The van der Waals surface area contributed by atoms with Crippen molar-refractivity contribution in [3.05, 3.63) is 29.8 Å².